The molecule has 0 saturated carbocycles. The fourth-order valence-corrected chi connectivity index (χ4v) is 0.704. The Morgan fingerprint density at radius 2 is 2.00 bits per heavy atom. The van der Waals surface area contributed by atoms with Crippen molar-refractivity contribution in [3.05, 3.63) is 0 Å². The number of alkyl halides is 3. The summed E-state index contributed by atoms with van der Waals surface area (Å²) in [6.45, 7) is -0.570. The molecule has 1 heterocycles. The third-order valence-corrected chi connectivity index (χ3v) is 1.23. The van der Waals surface area contributed by atoms with Crippen molar-refractivity contribution in [2.24, 2.45) is 0 Å². The second kappa shape index (κ2) is 4.79. The summed E-state index contributed by atoms with van der Waals surface area (Å²) in [5.74, 6) is -1.46. The molecule has 8 heteroatoms. The minimum absolute atomic E-state index is 0. The van der Waals surface area contributed by atoms with E-state index < -0.39 is 31.1 Å². The molecule has 0 aliphatic carbocycles. The van der Waals surface area contributed by atoms with Gasteiger partial charge in [-0.25, -0.2) is 4.79 Å². The van der Waals surface area contributed by atoms with Gasteiger partial charge in [0.2, 0.25) is 0 Å². The molecule has 0 aromatic rings. The van der Waals surface area contributed by atoms with Crippen LogP contribution in [-0.2, 0) is 14.3 Å². The maximum absolute atomic E-state index is 11.8. The van der Waals surface area contributed by atoms with Gasteiger partial charge >= 0.3 is 49.9 Å². The predicted octanol–water partition coefficient (Wildman–Crippen LogP) is -0.541. The van der Waals surface area contributed by atoms with E-state index >= 15 is 0 Å². The van der Waals surface area contributed by atoms with Gasteiger partial charge in [-0.3, -0.25) is 0 Å². The average molecular weight is 228 g/mol. The molecule has 1 aliphatic rings. The number of hydrogen-bond donors (Lipinski definition) is 1. The summed E-state index contributed by atoms with van der Waals surface area (Å²) >= 11 is 0. The van der Waals surface area contributed by atoms with Crippen molar-refractivity contribution in [1.29, 1.82) is 0 Å². The molecule has 1 saturated heterocycles. The Morgan fingerprint density at radius 3 is 2.23 bits per heavy atom. The second-order valence-electron chi connectivity index (χ2n) is 2.17. The number of carboxylic acid groups (broad SMARTS) is 1. The van der Waals surface area contributed by atoms with E-state index in [4.69, 9.17) is 5.11 Å². The van der Waals surface area contributed by atoms with Crippen molar-refractivity contribution in [3.8, 4) is 0 Å². The zero-order valence-electron chi connectivity index (χ0n) is 5.67. The second-order valence-corrected chi connectivity index (χ2v) is 2.17. The predicted molar refractivity (Wildman–Crippen MR) is 36.8 cm³/mol. The number of halogens is 3. The summed E-state index contributed by atoms with van der Waals surface area (Å²) in [7, 11) is 0. The first-order valence-electron chi connectivity index (χ1n) is 2.98. The van der Waals surface area contributed by atoms with Crippen LogP contribution in [0.15, 0.2) is 0 Å². The summed E-state index contributed by atoms with van der Waals surface area (Å²) in [5.41, 5.74) is 0. The molecule has 1 rings (SSSR count). The van der Waals surface area contributed by atoms with Crippen molar-refractivity contribution in [3.63, 3.8) is 0 Å². The van der Waals surface area contributed by atoms with Crippen molar-refractivity contribution in [1.82, 2.24) is 0 Å². The van der Waals surface area contributed by atoms with Gasteiger partial charge in [-0.1, -0.05) is 0 Å². The molecule has 2 atom stereocenters. The Kier molecular flexibility index (Phi) is 4.95. The van der Waals surface area contributed by atoms with Crippen LogP contribution in [-0.4, -0.2) is 74.0 Å². The standard InChI is InChI=1S/C5H5F3O4.Ca.2H/c6-5(7,8)4-11-1-2(12-4)3(9)10;;;/h2,4H,1H2,(H,9,10);;;. The van der Waals surface area contributed by atoms with Crippen LogP contribution in [0.3, 0.4) is 0 Å². The maximum atomic E-state index is 11.8. The summed E-state index contributed by atoms with van der Waals surface area (Å²) in [6, 6.07) is 0. The third-order valence-electron chi connectivity index (χ3n) is 1.23. The van der Waals surface area contributed by atoms with Gasteiger partial charge in [0.05, 0.1) is 6.61 Å². The Labute approximate surface area is 101 Å². The molecule has 0 amide bonds. The monoisotopic (exact) mass is 228 g/mol. The number of carboxylic acids is 1. The molecule has 1 N–H and O–H groups in total. The van der Waals surface area contributed by atoms with Crippen LogP contribution >= 0.6 is 0 Å². The van der Waals surface area contributed by atoms with Gasteiger partial charge in [-0.2, -0.15) is 13.2 Å². The van der Waals surface area contributed by atoms with E-state index in [1.807, 2.05) is 0 Å². The molecular formula is C5H7CaF3O4. The number of ether oxygens (including phenoxy) is 2. The van der Waals surface area contributed by atoms with Gasteiger partial charge in [-0.15, -0.1) is 0 Å². The Hall–Kier alpha value is 0.440. The molecule has 0 bridgehead atoms. The number of aliphatic carboxylic acids is 1. The number of carbonyl (C=O) groups is 1. The summed E-state index contributed by atoms with van der Waals surface area (Å²) in [4.78, 5) is 10.1. The van der Waals surface area contributed by atoms with Crippen LogP contribution in [0.1, 0.15) is 0 Å². The van der Waals surface area contributed by atoms with Crippen molar-refractivity contribution in [2.75, 3.05) is 6.61 Å². The van der Waals surface area contributed by atoms with Crippen molar-refractivity contribution >= 4 is 43.7 Å². The van der Waals surface area contributed by atoms with Gasteiger partial charge in [0.1, 0.15) is 0 Å². The third kappa shape index (κ3) is 3.59. The van der Waals surface area contributed by atoms with E-state index in [1.54, 1.807) is 0 Å². The molecule has 4 nitrogen and oxygen atoms in total. The van der Waals surface area contributed by atoms with Gasteiger partial charge in [0.25, 0.3) is 6.29 Å². The van der Waals surface area contributed by atoms with Gasteiger partial charge in [-0.05, 0) is 0 Å². The fourth-order valence-electron chi connectivity index (χ4n) is 0.704. The summed E-state index contributed by atoms with van der Waals surface area (Å²) in [6.07, 6.45) is -8.58. The van der Waals surface area contributed by atoms with E-state index in [9.17, 15) is 18.0 Å². The van der Waals surface area contributed by atoms with E-state index in [0.29, 0.717) is 0 Å². The van der Waals surface area contributed by atoms with Gasteiger partial charge in [0.15, 0.2) is 6.10 Å². The van der Waals surface area contributed by atoms with Gasteiger partial charge < -0.3 is 14.6 Å². The zero-order valence-corrected chi connectivity index (χ0v) is 5.67. The van der Waals surface area contributed by atoms with Crippen LogP contribution in [0.2, 0.25) is 0 Å². The first kappa shape index (κ1) is 13.4. The molecule has 0 spiro atoms. The molecule has 1 aliphatic heterocycles. The van der Waals surface area contributed by atoms with Gasteiger partial charge in [0, 0.05) is 0 Å². The molecule has 0 aromatic heterocycles. The van der Waals surface area contributed by atoms with Crippen molar-refractivity contribution in [2.45, 2.75) is 18.6 Å². The van der Waals surface area contributed by atoms with Crippen LogP contribution < -0.4 is 0 Å². The molecule has 2 unspecified atom stereocenters. The Bertz CT molecular complexity index is 195. The van der Waals surface area contributed by atoms with E-state index in [-0.39, 0.29) is 37.7 Å². The van der Waals surface area contributed by atoms with Crippen LogP contribution in [0.25, 0.3) is 0 Å². The van der Waals surface area contributed by atoms with E-state index in [0.717, 1.165) is 0 Å². The fraction of sp³-hybridized carbons (Fsp3) is 0.800. The average Bonchev–Trinajstić information content (AvgIpc) is 2.30. The molecule has 0 radical (unpaired) electrons. The summed E-state index contributed by atoms with van der Waals surface area (Å²) in [5, 5.41) is 8.22. The quantitative estimate of drug-likeness (QED) is 0.612. The SMILES string of the molecule is O=C(O)C1COC(C(F)(F)F)O1.[CaH2]. The van der Waals surface area contributed by atoms with Crippen LogP contribution in [0, 0.1) is 0 Å². The Balaban J connectivity index is 0.00000144. The number of rotatable bonds is 1. The first-order chi connectivity index (χ1) is 5.41. The molecule has 1 fully saturated rings. The van der Waals surface area contributed by atoms with Crippen molar-refractivity contribution < 1.29 is 32.5 Å². The molecule has 13 heavy (non-hydrogen) atoms. The molecule has 74 valence electrons. The molecule has 0 aromatic carbocycles. The minimum atomic E-state index is -4.66. The van der Waals surface area contributed by atoms with Crippen LogP contribution in [0.5, 0.6) is 0 Å². The summed E-state index contributed by atoms with van der Waals surface area (Å²) < 4.78 is 43.4. The number of hydrogen-bond acceptors (Lipinski definition) is 3. The van der Waals surface area contributed by atoms with E-state index in [2.05, 4.69) is 9.47 Å². The first-order valence-corrected chi connectivity index (χ1v) is 2.98. The van der Waals surface area contributed by atoms with Crippen LogP contribution in [0.4, 0.5) is 13.2 Å². The normalized spacial score (nSPS) is 28.2. The molecular weight excluding hydrogens is 221 g/mol. The zero-order chi connectivity index (χ0) is 9.35. The topological polar surface area (TPSA) is 55.8 Å². The Morgan fingerprint density at radius 1 is 1.46 bits per heavy atom. The van der Waals surface area contributed by atoms with E-state index in [1.165, 1.54) is 0 Å².